The Balaban J connectivity index is 1.18. The van der Waals surface area contributed by atoms with Crippen molar-refractivity contribution in [3.8, 4) is 45.0 Å². The Morgan fingerprint density at radius 2 is 1.02 bits per heavy atom. The molecule has 0 saturated carbocycles. The Morgan fingerprint density at radius 3 is 1.87 bits per heavy atom. The molecule has 214 valence electrons. The first-order valence-electron chi connectivity index (χ1n) is 15.4. The van der Waals surface area contributed by atoms with Gasteiger partial charge in [-0.1, -0.05) is 115 Å². The van der Waals surface area contributed by atoms with Crippen LogP contribution in [0.3, 0.4) is 0 Å². The minimum atomic E-state index is 0.855. The number of hydrogen-bond donors (Lipinski definition) is 0. The average molecular weight is 587 g/mol. The van der Waals surface area contributed by atoms with E-state index in [1.165, 1.54) is 21.9 Å². The molecule has 4 heteroatoms. The van der Waals surface area contributed by atoms with Crippen LogP contribution in [0.1, 0.15) is 0 Å². The summed E-state index contributed by atoms with van der Waals surface area (Å²) in [5, 5.41) is 5.75. The molecule has 4 nitrogen and oxygen atoms in total. The van der Waals surface area contributed by atoms with Crippen molar-refractivity contribution in [1.29, 1.82) is 0 Å². The molecule has 0 aliphatic rings. The van der Waals surface area contributed by atoms with Crippen LogP contribution < -0.4 is 0 Å². The van der Waals surface area contributed by atoms with Crippen molar-refractivity contribution in [3.63, 3.8) is 0 Å². The molecule has 0 fully saturated rings. The van der Waals surface area contributed by atoms with E-state index in [1.54, 1.807) is 6.20 Å². The third-order valence-electron chi connectivity index (χ3n) is 8.72. The first-order chi connectivity index (χ1) is 22.8. The summed E-state index contributed by atoms with van der Waals surface area (Å²) in [5.74, 6) is 0. The number of pyridine rings is 4. The Bertz CT molecular complexity index is 2570. The third kappa shape index (κ3) is 4.39. The van der Waals surface area contributed by atoms with E-state index in [9.17, 15) is 0 Å². The number of aromatic nitrogens is 4. The normalized spacial score (nSPS) is 11.5. The lowest BCUT2D eigenvalue weighted by Crippen LogP contribution is -1.94. The van der Waals surface area contributed by atoms with Gasteiger partial charge in [-0.05, 0) is 52.7 Å². The highest BCUT2D eigenvalue weighted by Gasteiger charge is 2.16. The minimum Gasteiger partial charge on any atom is -0.255 e. The van der Waals surface area contributed by atoms with E-state index in [2.05, 4.69) is 120 Å². The topological polar surface area (TPSA) is 51.6 Å². The van der Waals surface area contributed by atoms with Crippen molar-refractivity contribution in [1.82, 2.24) is 19.9 Å². The molecule has 0 radical (unpaired) electrons. The average Bonchev–Trinajstić information content (AvgIpc) is 3.14. The van der Waals surface area contributed by atoms with Gasteiger partial charge < -0.3 is 0 Å². The van der Waals surface area contributed by atoms with E-state index in [-0.39, 0.29) is 0 Å². The smallest absolute Gasteiger partial charge is 0.0978 e. The fourth-order valence-corrected chi connectivity index (χ4v) is 6.50. The van der Waals surface area contributed by atoms with Gasteiger partial charge in [-0.15, -0.1) is 0 Å². The Kier molecular flexibility index (Phi) is 6.10. The van der Waals surface area contributed by atoms with Gasteiger partial charge in [0.1, 0.15) is 0 Å². The zero-order chi connectivity index (χ0) is 30.5. The summed E-state index contributed by atoms with van der Waals surface area (Å²) in [6, 6.07) is 52.5. The SMILES string of the molecule is c1ccc(-c2cccc(-c3ccc(-c4ccc5ccc6c(-c7cccc8ccccc78)c7ccccc7nc6c5n4)cc3)n2)nc1. The zero-order valence-corrected chi connectivity index (χ0v) is 24.8. The number of fused-ring (bicyclic) bond motifs is 5. The number of para-hydroxylation sites is 1. The van der Waals surface area contributed by atoms with Crippen LogP contribution >= 0.6 is 0 Å². The molecule has 46 heavy (non-hydrogen) atoms. The van der Waals surface area contributed by atoms with Crippen LogP contribution in [0.5, 0.6) is 0 Å². The molecule has 4 aromatic heterocycles. The second-order valence-electron chi connectivity index (χ2n) is 11.5. The van der Waals surface area contributed by atoms with Gasteiger partial charge in [0.15, 0.2) is 0 Å². The lowest BCUT2D eigenvalue weighted by molar-refractivity contribution is 1.25. The first kappa shape index (κ1) is 26.2. The van der Waals surface area contributed by atoms with E-state index < -0.39 is 0 Å². The highest BCUT2D eigenvalue weighted by molar-refractivity contribution is 6.19. The molecule has 5 aromatic carbocycles. The molecule has 4 heterocycles. The monoisotopic (exact) mass is 586 g/mol. The number of rotatable bonds is 4. The second-order valence-corrected chi connectivity index (χ2v) is 11.5. The van der Waals surface area contributed by atoms with Crippen molar-refractivity contribution < 1.29 is 0 Å². The fourth-order valence-electron chi connectivity index (χ4n) is 6.50. The van der Waals surface area contributed by atoms with Crippen LogP contribution in [0.15, 0.2) is 158 Å². The molecule has 0 spiro atoms. The number of benzene rings is 5. The molecule has 0 aliphatic carbocycles. The molecular weight excluding hydrogens is 560 g/mol. The van der Waals surface area contributed by atoms with Crippen molar-refractivity contribution in [2.75, 3.05) is 0 Å². The molecule has 0 atom stereocenters. The maximum Gasteiger partial charge on any atom is 0.0978 e. The molecule has 0 bridgehead atoms. The molecule has 9 rings (SSSR count). The Labute approximate surface area is 265 Å². The molecule has 0 saturated heterocycles. The molecular formula is C42H26N4. The van der Waals surface area contributed by atoms with Gasteiger partial charge in [-0.2, -0.15) is 0 Å². The van der Waals surface area contributed by atoms with Crippen molar-refractivity contribution >= 4 is 43.5 Å². The van der Waals surface area contributed by atoms with Gasteiger partial charge in [0.05, 0.1) is 39.3 Å². The van der Waals surface area contributed by atoms with Gasteiger partial charge in [0.2, 0.25) is 0 Å². The predicted molar refractivity (Wildman–Crippen MR) is 189 cm³/mol. The summed E-state index contributed by atoms with van der Waals surface area (Å²) in [4.78, 5) is 19.8. The van der Waals surface area contributed by atoms with Crippen LogP contribution in [0.2, 0.25) is 0 Å². The molecule has 0 amide bonds. The highest BCUT2D eigenvalue weighted by Crippen LogP contribution is 2.40. The maximum absolute atomic E-state index is 5.25. The lowest BCUT2D eigenvalue weighted by atomic mass is 9.91. The summed E-state index contributed by atoms with van der Waals surface area (Å²) in [6.45, 7) is 0. The van der Waals surface area contributed by atoms with E-state index in [4.69, 9.17) is 15.0 Å². The summed E-state index contributed by atoms with van der Waals surface area (Å²) in [6.07, 6.45) is 1.79. The maximum atomic E-state index is 5.25. The summed E-state index contributed by atoms with van der Waals surface area (Å²) in [7, 11) is 0. The number of nitrogens with zero attached hydrogens (tertiary/aromatic N) is 4. The van der Waals surface area contributed by atoms with Gasteiger partial charge in [0, 0.05) is 39.0 Å². The first-order valence-corrected chi connectivity index (χ1v) is 15.4. The Morgan fingerprint density at radius 1 is 0.348 bits per heavy atom. The van der Waals surface area contributed by atoms with E-state index >= 15 is 0 Å². The largest absolute Gasteiger partial charge is 0.255 e. The van der Waals surface area contributed by atoms with Gasteiger partial charge in [0.25, 0.3) is 0 Å². The summed E-state index contributed by atoms with van der Waals surface area (Å²) in [5.41, 5.74) is 10.8. The fraction of sp³-hybridized carbons (Fsp3) is 0. The zero-order valence-electron chi connectivity index (χ0n) is 24.8. The van der Waals surface area contributed by atoms with Crippen molar-refractivity contribution in [2.45, 2.75) is 0 Å². The predicted octanol–water partition coefficient (Wildman–Crippen LogP) is 10.5. The van der Waals surface area contributed by atoms with E-state index in [0.29, 0.717) is 0 Å². The molecule has 9 aromatic rings. The van der Waals surface area contributed by atoms with Crippen LogP contribution in [0.4, 0.5) is 0 Å². The molecule has 0 N–H and O–H groups in total. The standard InChI is InChI=1S/C42H26N4/c1-2-11-31-27(9-1)10-7-13-32(31)40-33-12-3-4-14-37(33)46-42-34(40)24-22-30-23-25-36(45-41(30)42)29-20-18-28(19-21-29)35-16-8-17-39(44-35)38-15-5-6-26-43-38/h1-26H. The second kappa shape index (κ2) is 10.7. The van der Waals surface area contributed by atoms with Crippen LogP contribution in [-0.2, 0) is 0 Å². The third-order valence-corrected chi connectivity index (χ3v) is 8.72. The quantitative estimate of drug-likeness (QED) is 0.152. The number of hydrogen-bond acceptors (Lipinski definition) is 4. The summed E-state index contributed by atoms with van der Waals surface area (Å²) >= 11 is 0. The van der Waals surface area contributed by atoms with E-state index in [1.807, 2.05) is 36.4 Å². The van der Waals surface area contributed by atoms with Crippen LogP contribution in [0, 0.1) is 0 Å². The van der Waals surface area contributed by atoms with Gasteiger partial charge >= 0.3 is 0 Å². The van der Waals surface area contributed by atoms with E-state index in [0.717, 1.165) is 66.6 Å². The van der Waals surface area contributed by atoms with Crippen LogP contribution in [-0.4, -0.2) is 19.9 Å². The molecule has 0 unspecified atom stereocenters. The lowest BCUT2D eigenvalue weighted by Gasteiger charge is -2.15. The minimum absolute atomic E-state index is 0.855. The van der Waals surface area contributed by atoms with Crippen LogP contribution in [0.25, 0.3) is 88.5 Å². The van der Waals surface area contributed by atoms with Crippen molar-refractivity contribution in [2.24, 2.45) is 0 Å². The molecule has 0 aliphatic heterocycles. The highest BCUT2D eigenvalue weighted by atomic mass is 14.8. The van der Waals surface area contributed by atoms with Crippen molar-refractivity contribution in [3.05, 3.63) is 158 Å². The Hall–Kier alpha value is -6.26. The van der Waals surface area contributed by atoms with Gasteiger partial charge in [-0.25, -0.2) is 15.0 Å². The summed E-state index contributed by atoms with van der Waals surface area (Å²) < 4.78 is 0. The van der Waals surface area contributed by atoms with Gasteiger partial charge in [-0.3, -0.25) is 4.98 Å².